The van der Waals surface area contributed by atoms with Crippen LogP contribution in [-0.2, 0) is 42.1 Å². The molecule has 0 aromatic heterocycles. The topological polar surface area (TPSA) is 55.4 Å². The molecular formula is C108H162O6Pt2. The molecule has 0 amide bonds. The van der Waals surface area contributed by atoms with Crippen LogP contribution in [0.5, 0.6) is 34.5 Å². The fraction of sp³-hybridized carbons (Fsp3) is 0.667. The number of hydrogen-bond donors (Lipinski definition) is 0. The number of ether oxygens (including phenoxy) is 6. The Hall–Kier alpha value is -5.58. The van der Waals surface area contributed by atoms with Gasteiger partial charge >= 0.3 is 42.1 Å². The summed E-state index contributed by atoms with van der Waals surface area (Å²) in [7, 11) is 0. The van der Waals surface area contributed by atoms with Crippen LogP contribution in [-0.4, -0.2) is 39.6 Å². The van der Waals surface area contributed by atoms with Crippen molar-refractivity contribution in [3.63, 3.8) is 0 Å². The summed E-state index contributed by atoms with van der Waals surface area (Å²) in [6.45, 7) is 17.7. The predicted octanol–water partition coefficient (Wildman–Crippen LogP) is 32.0. The van der Waals surface area contributed by atoms with E-state index in [1.165, 1.54) is 347 Å². The molecule has 0 radical (unpaired) electrons. The summed E-state index contributed by atoms with van der Waals surface area (Å²) in [5.41, 5.74) is 4.54. The molecule has 8 heteroatoms. The molecule has 0 fully saturated rings. The minimum absolute atomic E-state index is 0. The number of rotatable bonds is 72. The van der Waals surface area contributed by atoms with Gasteiger partial charge in [0.1, 0.15) is 23.0 Å². The standard InChI is InChI=1S/2C44H77O3.C20H8.2Pt/c2*1-5-9-12-15-18-21-24-27-30-33-36-45-42-39-41(8-4)40-43(46-37-34-31-28-25-22-19-16-13-10-6-2)44(42)47-38-35-32-29-26-23-20-17-14-11-7-3;1-3-17-9-13-19(14-10-17)7-5-6-8-20-15-11-18(4-2)12-16-20;;/h2*39-40H,5-7,9-38H2,1-3H3;9-16H;;/q2*-1;-2;2*+2. The van der Waals surface area contributed by atoms with Gasteiger partial charge in [-0.1, -0.05) is 449 Å². The SMILES string of the molecule is [C-]#Cc1cc(OCCCCCCCCCCCC)c(OCCCCCCCCCCCC)c(OCCCCCCCCCCCC)c1.[C-]#Cc1cc(OCCCCCCCCCCCC)c(OCCCCCCCCCCCC)c(OCCCCCCCCCCCC)c1.[C-]#Cc1ccc(C#CC#Cc2ccc(C#[C-])cc2)cc1.[Pt+2].[Pt+2]. The van der Waals surface area contributed by atoms with Crippen LogP contribution < -0.4 is 28.4 Å². The summed E-state index contributed by atoms with van der Waals surface area (Å²) in [5.74, 6) is 25.5. The second kappa shape index (κ2) is 85.8. The average molecular weight is 1950 g/mol. The van der Waals surface area contributed by atoms with Gasteiger partial charge in [0.05, 0.1) is 39.6 Å². The Kier molecular flexibility index (Phi) is 81.7. The summed E-state index contributed by atoms with van der Waals surface area (Å²) >= 11 is 0. The summed E-state index contributed by atoms with van der Waals surface area (Å²) in [4.78, 5) is 0. The predicted molar refractivity (Wildman–Crippen MR) is 488 cm³/mol. The largest absolute Gasteiger partial charge is 2.00 e. The third-order valence-electron chi connectivity index (χ3n) is 21.4. The molecule has 0 saturated heterocycles. The van der Waals surface area contributed by atoms with Crippen LogP contribution in [0.25, 0.3) is 0 Å². The molecule has 4 aromatic carbocycles. The van der Waals surface area contributed by atoms with Crippen molar-refractivity contribution in [3.05, 3.63) is 132 Å². The van der Waals surface area contributed by atoms with E-state index in [0.717, 1.165) is 72.3 Å². The van der Waals surface area contributed by atoms with Crippen LogP contribution in [0, 0.1) is 73.1 Å². The number of benzene rings is 4. The van der Waals surface area contributed by atoms with Gasteiger partial charge in [0, 0.05) is 11.1 Å². The van der Waals surface area contributed by atoms with Gasteiger partial charge in [-0.2, -0.15) is 0 Å². The molecule has 0 atom stereocenters. The minimum Gasteiger partial charge on any atom is -0.491 e. The third-order valence-corrected chi connectivity index (χ3v) is 21.4. The molecule has 0 heterocycles. The van der Waals surface area contributed by atoms with E-state index >= 15 is 0 Å². The Morgan fingerprint density at radius 2 is 0.336 bits per heavy atom. The van der Waals surface area contributed by atoms with Gasteiger partial charge in [-0.25, -0.2) is 0 Å². The van der Waals surface area contributed by atoms with Crippen molar-refractivity contribution in [1.29, 1.82) is 0 Å². The van der Waals surface area contributed by atoms with E-state index in [1.54, 1.807) is 24.3 Å². The third kappa shape index (κ3) is 64.4. The van der Waals surface area contributed by atoms with Gasteiger partial charge < -0.3 is 54.1 Å². The fourth-order valence-electron chi connectivity index (χ4n) is 14.1. The van der Waals surface area contributed by atoms with Crippen molar-refractivity contribution < 1.29 is 70.6 Å². The molecule has 650 valence electrons. The summed E-state index contributed by atoms with van der Waals surface area (Å²) in [5, 5.41) is 0. The van der Waals surface area contributed by atoms with Gasteiger partial charge in [-0.3, -0.25) is 23.7 Å². The summed E-state index contributed by atoms with van der Waals surface area (Å²) in [6, 6.07) is 22.1. The first-order valence-electron chi connectivity index (χ1n) is 47.4. The Bertz CT molecular complexity index is 2860. The van der Waals surface area contributed by atoms with Crippen LogP contribution in [0.2, 0.25) is 0 Å². The summed E-state index contributed by atoms with van der Waals surface area (Å²) in [6.07, 6.45) is 108. The molecule has 0 aliphatic carbocycles. The van der Waals surface area contributed by atoms with Gasteiger partial charge in [0.25, 0.3) is 0 Å². The molecule has 4 aromatic rings. The molecule has 0 N–H and O–H groups in total. The van der Waals surface area contributed by atoms with E-state index in [0.29, 0.717) is 73.8 Å². The van der Waals surface area contributed by atoms with Crippen molar-refractivity contribution in [3.8, 4) is 81.9 Å². The first kappa shape index (κ1) is 110. The van der Waals surface area contributed by atoms with Gasteiger partial charge in [0.2, 0.25) is 0 Å². The quantitative estimate of drug-likeness (QED) is 0.0249. The van der Waals surface area contributed by atoms with Gasteiger partial charge in [0.15, 0.2) is 11.5 Å². The smallest absolute Gasteiger partial charge is 0.491 e. The number of unbranched alkanes of at least 4 members (excludes halogenated alkanes) is 54. The van der Waals surface area contributed by atoms with Gasteiger partial charge in [-0.05, 0) is 50.4 Å². The first-order chi connectivity index (χ1) is 56.3. The van der Waals surface area contributed by atoms with Crippen LogP contribution in [0.15, 0.2) is 72.8 Å². The van der Waals surface area contributed by atoms with Crippen molar-refractivity contribution in [2.45, 2.75) is 427 Å². The molecule has 0 aliphatic rings. The zero-order chi connectivity index (χ0) is 82.0. The normalized spacial score (nSPS) is 10.4. The molecule has 0 bridgehead atoms. The van der Waals surface area contributed by atoms with E-state index in [2.05, 4.69) is 88.9 Å². The Morgan fingerprint density at radius 3 is 0.500 bits per heavy atom. The Labute approximate surface area is 745 Å². The Morgan fingerprint density at radius 1 is 0.190 bits per heavy atom. The van der Waals surface area contributed by atoms with E-state index < -0.39 is 0 Å². The van der Waals surface area contributed by atoms with Crippen molar-refractivity contribution in [2.24, 2.45) is 0 Å². The van der Waals surface area contributed by atoms with E-state index in [-0.39, 0.29) is 42.1 Å². The van der Waals surface area contributed by atoms with E-state index in [9.17, 15) is 0 Å². The van der Waals surface area contributed by atoms with Crippen molar-refractivity contribution in [2.75, 3.05) is 39.6 Å². The average Bonchev–Trinajstić information content (AvgIpc) is 0.831. The molecule has 4 rings (SSSR count). The van der Waals surface area contributed by atoms with E-state index in [4.69, 9.17) is 54.1 Å². The van der Waals surface area contributed by atoms with Crippen molar-refractivity contribution in [1.82, 2.24) is 0 Å². The maximum Gasteiger partial charge on any atom is 2.00 e. The number of hydrogen-bond acceptors (Lipinski definition) is 6. The second-order valence-electron chi connectivity index (χ2n) is 31.9. The van der Waals surface area contributed by atoms with Crippen LogP contribution >= 0.6 is 0 Å². The molecule has 6 nitrogen and oxygen atoms in total. The second-order valence-corrected chi connectivity index (χ2v) is 31.9. The monoisotopic (exact) mass is 1950 g/mol. The molecule has 116 heavy (non-hydrogen) atoms. The molecule has 0 spiro atoms. The van der Waals surface area contributed by atoms with Crippen LogP contribution in [0.3, 0.4) is 0 Å². The maximum absolute atomic E-state index is 7.82. The zero-order valence-corrected chi connectivity index (χ0v) is 79.2. The molecular weight excluding hydrogens is 1780 g/mol. The maximum atomic E-state index is 7.82. The van der Waals surface area contributed by atoms with Crippen LogP contribution in [0.4, 0.5) is 0 Å². The van der Waals surface area contributed by atoms with E-state index in [1.807, 2.05) is 48.5 Å². The molecule has 0 unspecified atom stereocenters. The molecule has 0 saturated carbocycles. The fourth-order valence-corrected chi connectivity index (χ4v) is 14.1. The first-order valence-corrected chi connectivity index (χ1v) is 47.4. The molecule has 0 aliphatic heterocycles. The summed E-state index contributed by atoms with van der Waals surface area (Å²) < 4.78 is 38.1. The Balaban J connectivity index is 0.00000182. The van der Waals surface area contributed by atoms with Gasteiger partial charge in [-0.15, -0.1) is 46.5 Å². The zero-order valence-electron chi connectivity index (χ0n) is 74.7. The van der Waals surface area contributed by atoms with Crippen LogP contribution in [0.1, 0.15) is 460 Å². The minimum atomic E-state index is 0. The van der Waals surface area contributed by atoms with Crippen molar-refractivity contribution >= 4 is 0 Å².